The maximum absolute atomic E-state index is 12.2. The monoisotopic (exact) mass is 380 g/mol. The van der Waals surface area contributed by atoms with Gasteiger partial charge in [0.25, 0.3) is 0 Å². The number of pyridine rings is 1. The van der Waals surface area contributed by atoms with Gasteiger partial charge in [0.2, 0.25) is 0 Å². The van der Waals surface area contributed by atoms with Crippen LogP contribution < -0.4 is 10.6 Å². The standard InChI is InChI=1S/C23H32N4O/c1-3-7-21-17-22(16-18(2)25-21)26-23(28)24-12-15-27-13-10-20(11-14-27)19-8-5-4-6-9-19/h4-6,8-9,16-17,20H,3,7,10-15H2,1-2H3,(H2,24,25,26,28). The molecule has 1 saturated heterocycles. The smallest absolute Gasteiger partial charge is 0.319 e. The molecule has 0 unspecified atom stereocenters. The normalized spacial score (nSPS) is 15.4. The molecular weight excluding hydrogens is 348 g/mol. The highest BCUT2D eigenvalue weighted by Crippen LogP contribution is 2.27. The van der Waals surface area contributed by atoms with E-state index in [4.69, 9.17) is 0 Å². The molecule has 1 aromatic carbocycles. The van der Waals surface area contributed by atoms with Crippen molar-refractivity contribution in [2.75, 3.05) is 31.5 Å². The van der Waals surface area contributed by atoms with E-state index < -0.39 is 0 Å². The predicted molar refractivity (Wildman–Crippen MR) is 115 cm³/mol. The first kappa shape index (κ1) is 20.3. The molecule has 3 rings (SSSR count). The fourth-order valence-electron chi connectivity index (χ4n) is 3.91. The second-order valence-electron chi connectivity index (χ2n) is 7.65. The highest BCUT2D eigenvalue weighted by molar-refractivity contribution is 5.89. The van der Waals surface area contributed by atoms with Crippen LogP contribution in [-0.2, 0) is 6.42 Å². The van der Waals surface area contributed by atoms with Gasteiger partial charge in [0.1, 0.15) is 0 Å². The molecule has 0 aliphatic carbocycles. The molecule has 1 aliphatic heterocycles. The third-order valence-corrected chi connectivity index (χ3v) is 5.34. The van der Waals surface area contributed by atoms with Crippen LogP contribution in [-0.4, -0.2) is 42.1 Å². The van der Waals surface area contributed by atoms with Crippen molar-refractivity contribution in [2.24, 2.45) is 0 Å². The molecule has 1 aliphatic rings. The number of anilines is 1. The summed E-state index contributed by atoms with van der Waals surface area (Å²) in [5.74, 6) is 0.668. The third kappa shape index (κ3) is 6.06. The first-order chi connectivity index (χ1) is 13.6. The molecular formula is C23H32N4O. The van der Waals surface area contributed by atoms with Crippen LogP contribution in [0.25, 0.3) is 0 Å². The van der Waals surface area contributed by atoms with Crippen LogP contribution in [0.3, 0.4) is 0 Å². The summed E-state index contributed by atoms with van der Waals surface area (Å²) in [6.07, 6.45) is 4.35. The van der Waals surface area contributed by atoms with Crippen LogP contribution in [0.5, 0.6) is 0 Å². The number of carbonyl (C=O) groups is 1. The highest BCUT2D eigenvalue weighted by Gasteiger charge is 2.20. The van der Waals surface area contributed by atoms with Crippen molar-refractivity contribution in [3.8, 4) is 0 Å². The molecule has 0 atom stereocenters. The van der Waals surface area contributed by atoms with Gasteiger partial charge < -0.3 is 15.5 Å². The highest BCUT2D eigenvalue weighted by atomic mass is 16.2. The molecule has 2 N–H and O–H groups in total. The lowest BCUT2D eigenvalue weighted by Crippen LogP contribution is -2.40. The van der Waals surface area contributed by atoms with Crippen LogP contribution >= 0.6 is 0 Å². The Labute approximate surface area is 168 Å². The van der Waals surface area contributed by atoms with E-state index in [0.717, 1.165) is 49.6 Å². The van der Waals surface area contributed by atoms with Crippen molar-refractivity contribution >= 4 is 11.7 Å². The molecule has 1 fully saturated rings. The SMILES string of the molecule is CCCc1cc(NC(=O)NCCN2CCC(c3ccccc3)CC2)cc(C)n1. The number of benzene rings is 1. The van der Waals surface area contributed by atoms with Crippen molar-refractivity contribution < 1.29 is 4.79 Å². The van der Waals surface area contributed by atoms with Gasteiger partial charge in [0.05, 0.1) is 0 Å². The maximum Gasteiger partial charge on any atom is 0.319 e. The first-order valence-electron chi connectivity index (χ1n) is 10.4. The zero-order valence-corrected chi connectivity index (χ0v) is 17.1. The number of aromatic nitrogens is 1. The summed E-state index contributed by atoms with van der Waals surface area (Å²) >= 11 is 0. The van der Waals surface area contributed by atoms with Crippen molar-refractivity contribution in [2.45, 2.75) is 45.4 Å². The Kier molecular flexibility index (Phi) is 7.43. The van der Waals surface area contributed by atoms with Gasteiger partial charge in [0, 0.05) is 30.2 Å². The number of nitrogens with zero attached hydrogens (tertiary/aromatic N) is 2. The zero-order valence-electron chi connectivity index (χ0n) is 17.1. The third-order valence-electron chi connectivity index (χ3n) is 5.34. The minimum Gasteiger partial charge on any atom is -0.337 e. The molecule has 2 heterocycles. The molecule has 5 nitrogen and oxygen atoms in total. The molecule has 0 bridgehead atoms. The number of hydrogen-bond acceptors (Lipinski definition) is 3. The molecule has 150 valence electrons. The summed E-state index contributed by atoms with van der Waals surface area (Å²) in [5.41, 5.74) is 4.23. The number of rotatable bonds is 7. The Hall–Kier alpha value is -2.40. The average molecular weight is 381 g/mol. The fraction of sp³-hybridized carbons (Fsp3) is 0.478. The number of amides is 2. The molecule has 5 heteroatoms. The van der Waals surface area contributed by atoms with E-state index in [1.54, 1.807) is 0 Å². The summed E-state index contributed by atoms with van der Waals surface area (Å²) in [6.45, 7) is 7.83. The Morgan fingerprint density at radius 3 is 2.64 bits per heavy atom. The van der Waals surface area contributed by atoms with Crippen molar-refractivity contribution in [1.82, 2.24) is 15.2 Å². The van der Waals surface area contributed by atoms with Gasteiger partial charge in [0.15, 0.2) is 0 Å². The molecule has 0 radical (unpaired) electrons. The molecule has 28 heavy (non-hydrogen) atoms. The van der Waals surface area contributed by atoms with Crippen LogP contribution in [0.15, 0.2) is 42.5 Å². The quantitative estimate of drug-likeness (QED) is 0.751. The fourth-order valence-corrected chi connectivity index (χ4v) is 3.91. The second-order valence-corrected chi connectivity index (χ2v) is 7.65. The van der Waals surface area contributed by atoms with Crippen molar-refractivity contribution in [3.05, 3.63) is 59.4 Å². The average Bonchev–Trinajstić information content (AvgIpc) is 2.69. The van der Waals surface area contributed by atoms with Crippen LogP contribution in [0, 0.1) is 6.92 Å². The zero-order chi connectivity index (χ0) is 19.8. The Morgan fingerprint density at radius 2 is 1.93 bits per heavy atom. The maximum atomic E-state index is 12.2. The van der Waals surface area contributed by atoms with E-state index >= 15 is 0 Å². The Balaban J connectivity index is 1.38. The topological polar surface area (TPSA) is 57.3 Å². The van der Waals surface area contributed by atoms with Crippen LogP contribution in [0.4, 0.5) is 10.5 Å². The minimum absolute atomic E-state index is 0.146. The van der Waals surface area contributed by atoms with Crippen molar-refractivity contribution in [1.29, 1.82) is 0 Å². The Bertz CT molecular complexity index is 754. The van der Waals surface area contributed by atoms with E-state index in [-0.39, 0.29) is 6.03 Å². The van der Waals surface area contributed by atoms with Gasteiger partial charge >= 0.3 is 6.03 Å². The van der Waals surface area contributed by atoms with E-state index in [2.05, 4.69) is 57.8 Å². The lowest BCUT2D eigenvalue weighted by atomic mass is 9.89. The lowest BCUT2D eigenvalue weighted by Gasteiger charge is -2.32. The number of urea groups is 1. The van der Waals surface area contributed by atoms with E-state index in [0.29, 0.717) is 12.5 Å². The van der Waals surface area contributed by atoms with E-state index in [9.17, 15) is 4.79 Å². The number of piperidine rings is 1. The summed E-state index contributed by atoms with van der Waals surface area (Å²) in [4.78, 5) is 19.2. The number of nitrogens with one attached hydrogen (secondary N) is 2. The Morgan fingerprint density at radius 1 is 1.18 bits per heavy atom. The molecule has 1 aromatic heterocycles. The number of likely N-dealkylation sites (tertiary alicyclic amines) is 1. The largest absolute Gasteiger partial charge is 0.337 e. The summed E-state index contributed by atoms with van der Waals surface area (Å²) in [6, 6.07) is 14.5. The first-order valence-corrected chi connectivity index (χ1v) is 10.4. The lowest BCUT2D eigenvalue weighted by molar-refractivity contribution is 0.211. The summed E-state index contributed by atoms with van der Waals surface area (Å²) < 4.78 is 0. The number of aryl methyl sites for hydroxylation is 2. The second kappa shape index (κ2) is 10.2. The van der Waals surface area contributed by atoms with Gasteiger partial charge in [-0.15, -0.1) is 0 Å². The van der Waals surface area contributed by atoms with Crippen LogP contribution in [0.2, 0.25) is 0 Å². The van der Waals surface area contributed by atoms with Gasteiger partial charge in [-0.05, 0) is 62.9 Å². The molecule has 2 amide bonds. The predicted octanol–water partition coefficient (Wildman–Crippen LogP) is 4.34. The van der Waals surface area contributed by atoms with Gasteiger partial charge in [-0.25, -0.2) is 4.79 Å². The van der Waals surface area contributed by atoms with Gasteiger partial charge in [-0.3, -0.25) is 4.98 Å². The number of hydrogen-bond donors (Lipinski definition) is 2. The molecule has 0 saturated carbocycles. The summed E-state index contributed by atoms with van der Waals surface area (Å²) in [7, 11) is 0. The van der Waals surface area contributed by atoms with Crippen LogP contribution in [0.1, 0.15) is 49.1 Å². The summed E-state index contributed by atoms with van der Waals surface area (Å²) in [5, 5.41) is 5.92. The number of carbonyl (C=O) groups excluding carboxylic acids is 1. The molecule has 0 spiro atoms. The van der Waals surface area contributed by atoms with E-state index in [1.165, 1.54) is 18.4 Å². The van der Waals surface area contributed by atoms with Gasteiger partial charge in [-0.1, -0.05) is 43.7 Å². The molecule has 2 aromatic rings. The van der Waals surface area contributed by atoms with E-state index in [1.807, 2.05) is 19.1 Å². The van der Waals surface area contributed by atoms with Crippen molar-refractivity contribution in [3.63, 3.8) is 0 Å². The minimum atomic E-state index is -0.146. The van der Waals surface area contributed by atoms with Gasteiger partial charge in [-0.2, -0.15) is 0 Å².